The van der Waals surface area contributed by atoms with E-state index in [0.717, 1.165) is 11.3 Å². The molecule has 5 heteroatoms. The highest BCUT2D eigenvalue weighted by Gasteiger charge is 2.22. The van der Waals surface area contributed by atoms with E-state index in [4.69, 9.17) is 0 Å². The van der Waals surface area contributed by atoms with Crippen molar-refractivity contribution in [2.75, 3.05) is 5.32 Å². The third-order valence-corrected chi connectivity index (χ3v) is 5.36. The van der Waals surface area contributed by atoms with Crippen molar-refractivity contribution < 1.29 is 9.59 Å². The molecule has 2 aromatic carbocycles. The Morgan fingerprint density at radius 1 is 0.929 bits per heavy atom. The molecule has 0 bridgehead atoms. The van der Waals surface area contributed by atoms with E-state index in [1.54, 1.807) is 6.07 Å². The summed E-state index contributed by atoms with van der Waals surface area (Å²) >= 11 is 1.36. The summed E-state index contributed by atoms with van der Waals surface area (Å²) in [5, 5.41) is 7.65. The van der Waals surface area contributed by atoms with Crippen molar-refractivity contribution in [2.45, 2.75) is 32.2 Å². The van der Waals surface area contributed by atoms with Crippen LogP contribution in [0.4, 0.5) is 5.69 Å². The fourth-order valence-corrected chi connectivity index (χ4v) is 3.50. The molecule has 0 fully saturated rings. The average Bonchev–Trinajstić information content (AvgIpc) is 3.23. The number of hydrogen-bond donors (Lipinski definition) is 2. The van der Waals surface area contributed by atoms with E-state index in [1.165, 1.54) is 16.9 Å². The molecule has 0 aliphatic rings. The maximum Gasteiger partial charge on any atom is 0.262 e. The van der Waals surface area contributed by atoms with Crippen LogP contribution in [0, 0.1) is 0 Å². The SMILES string of the molecule is CC(C)c1ccc(NC(=O)C(Cc2ccccc2)NC(=O)c2cccs2)cc1. The van der Waals surface area contributed by atoms with E-state index >= 15 is 0 Å². The standard InChI is InChI=1S/C23H24N2O2S/c1-16(2)18-10-12-19(13-11-18)24-22(26)20(15-17-7-4-3-5-8-17)25-23(27)21-9-6-14-28-21/h3-14,16,20H,15H2,1-2H3,(H,24,26)(H,25,27). The zero-order chi connectivity index (χ0) is 19.9. The molecule has 0 spiro atoms. The van der Waals surface area contributed by atoms with Crippen LogP contribution in [-0.4, -0.2) is 17.9 Å². The number of hydrogen-bond acceptors (Lipinski definition) is 3. The van der Waals surface area contributed by atoms with Crippen LogP contribution in [0.2, 0.25) is 0 Å². The monoisotopic (exact) mass is 392 g/mol. The van der Waals surface area contributed by atoms with Crippen LogP contribution in [0.3, 0.4) is 0 Å². The highest BCUT2D eigenvalue weighted by molar-refractivity contribution is 7.12. The highest BCUT2D eigenvalue weighted by Crippen LogP contribution is 2.18. The van der Waals surface area contributed by atoms with Crippen LogP contribution >= 0.6 is 11.3 Å². The third-order valence-electron chi connectivity index (χ3n) is 4.49. The number of anilines is 1. The number of carbonyl (C=O) groups is 2. The van der Waals surface area contributed by atoms with Gasteiger partial charge in [0.2, 0.25) is 5.91 Å². The molecular weight excluding hydrogens is 368 g/mol. The highest BCUT2D eigenvalue weighted by atomic mass is 32.1. The van der Waals surface area contributed by atoms with Gasteiger partial charge in [-0.05, 0) is 40.6 Å². The Bertz CT molecular complexity index is 904. The molecule has 0 aliphatic heterocycles. The fourth-order valence-electron chi connectivity index (χ4n) is 2.88. The second kappa shape index (κ2) is 9.33. The molecule has 1 unspecified atom stereocenters. The minimum absolute atomic E-state index is 0.231. The molecular formula is C23H24N2O2S. The van der Waals surface area contributed by atoms with Gasteiger partial charge in [0.1, 0.15) is 6.04 Å². The van der Waals surface area contributed by atoms with Crippen molar-refractivity contribution in [1.29, 1.82) is 0 Å². The summed E-state index contributed by atoms with van der Waals surface area (Å²) in [7, 11) is 0. The lowest BCUT2D eigenvalue weighted by Gasteiger charge is -2.19. The molecule has 0 radical (unpaired) electrons. The third kappa shape index (κ3) is 5.30. The first-order valence-electron chi connectivity index (χ1n) is 9.32. The molecule has 144 valence electrons. The van der Waals surface area contributed by atoms with Gasteiger partial charge in [-0.15, -0.1) is 11.3 Å². The Hall–Kier alpha value is -2.92. The summed E-state index contributed by atoms with van der Waals surface area (Å²) in [6, 6.07) is 20.4. The molecule has 1 aromatic heterocycles. The van der Waals surface area contributed by atoms with Crippen molar-refractivity contribution in [3.63, 3.8) is 0 Å². The van der Waals surface area contributed by atoms with Gasteiger partial charge >= 0.3 is 0 Å². The van der Waals surface area contributed by atoms with Crippen LogP contribution in [0.25, 0.3) is 0 Å². The summed E-state index contributed by atoms with van der Waals surface area (Å²) in [6.07, 6.45) is 0.424. The lowest BCUT2D eigenvalue weighted by atomic mass is 10.0. The summed E-state index contributed by atoms with van der Waals surface area (Å²) in [5.41, 5.74) is 2.92. The van der Waals surface area contributed by atoms with Crippen molar-refractivity contribution in [1.82, 2.24) is 5.32 Å². The van der Waals surface area contributed by atoms with Gasteiger partial charge in [0.25, 0.3) is 5.91 Å². The van der Waals surface area contributed by atoms with Gasteiger partial charge in [-0.3, -0.25) is 9.59 Å². The number of benzene rings is 2. The lowest BCUT2D eigenvalue weighted by molar-refractivity contribution is -0.118. The molecule has 0 aliphatic carbocycles. The van der Waals surface area contributed by atoms with Crippen molar-refractivity contribution in [3.8, 4) is 0 Å². The molecule has 28 heavy (non-hydrogen) atoms. The smallest absolute Gasteiger partial charge is 0.262 e. The largest absolute Gasteiger partial charge is 0.339 e. The summed E-state index contributed by atoms with van der Waals surface area (Å²) in [5.74, 6) is -0.0343. The van der Waals surface area contributed by atoms with E-state index in [-0.39, 0.29) is 11.8 Å². The van der Waals surface area contributed by atoms with Gasteiger partial charge in [0.15, 0.2) is 0 Å². The minimum Gasteiger partial charge on any atom is -0.339 e. The van der Waals surface area contributed by atoms with Gasteiger partial charge in [-0.1, -0.05) is 62.4 Å². The van der Waals surface area contributed by atoms with E-state index in [2.05, 4.69) is 24.5 Å². The van der Waals surface area contributed by atoms with Crippen LogP contribution < -0.4 is 10.6 Å². The van der Waals surface area contributed by atoms with E-state index in [1.807, 2.05) is 66.0 Å². The van der Waals surface area contributed by atoms with Gasteiger partial charge in [-0.2, -0.15) is 0 Å². The molecule has 3 rings (SSSR count). The van der Waals surface area contributed by atoms with E-state index < -0.39 is 6.04 Å². The van der Waals surface area contributed by atoms with Gasteiger partial charge in [0.05, 0.1) is 4.88 Å². The Morgan fingerprint density at radius 2 is 1.64 bits per heavy atom. The fraction of sp³-hybridized carbons (Fsp3) is 0.217. The molecule has 1 atom stereocenters. The maximum absolute atomic E-state index is 12.9. The van der Waals surface area contributed by atoms with E-state index in [0.29, 0.717) is 17.2 Å². The molecule has 3 aromatic rings. The van der Waals surface area contributed by atoms with Crippen molar-refractivity contribution in [3.05, 3.63) is 88.1 Å². The zero-order valence-electron chi connectivity index (χ0n) is 16.0. The maximum atomic E-state index is 12.9. The number of amides is 2. The van der Waals surface area contributed by atoms with Gasteiger partial charge < -0.3 is 10.6 Å². The van der Waals surface area contributed by atoms with E-state index in [9.17, 15) is 9.59 Å². The van der Waals surface area contributed by atoms with Crippen molar-refractivity contribution in [2.24, 2.45) is 0 Å². The molecule has 2 amide bonds. The molecule has 2 N–H and O–H groups in total. The first-order valence-corrected chi connectivity index (χ1v) is 10.2. The second-order valence-electron chi connectivity index (χ2n) is 6.96. The predicted octanol–water partition coefficient (Wildman–Crippen LogP) is 4.85. The topological polar surface area (TPSA) is 58.2 Å². The van der Waals surface area contributed by atoms with Crippen LogP contribution in [-0.2, 0) is 11.2 Å². The number of nitrogens with one attached hydrogen (secondary N) is 2. The molecule has 0 saturated carbocycles. The second-order valence-corrected chi connectivity index (χ2v) is 7.91. The Kier molecular flexibility index (Phi) is 6.61. The minimum atomic E-state index is -0.665. The summed E-state index contributed by atoms with van der Waals surface area (Å²) < 4.78 is 0. The van der Waals surface area contributed by atoms with Crippen molar-refractivity contribution >= 4 is 28.8 Å². The summed E-state index contributed by atoms with van der Waals surface area (Å²) in [6.45, 7) is 4.26. The Morgan fingerprint density at radius 3 is 2.25 bits per heavy atom. The van der Waals surface area contributed by atoms with Gasteiger partial charge in [-0.25, -0.2) is 0 Å². The lowest BCUT2D eigenvalue weighted by Crippen LogP contribution is -2.45. The number of rotatable bonds is 7. The van der Waals surface area contributed by atoms with Crippen LogP contribution in [0.15, 0.2) is 72.1 Å². The van der Waals surface area contributed by atoms with Crippen LogP contribution in [0.1, 0.15) is 40.6 Å². The Balaban J connectivity index is 1.74. The molecule has 4 nitrogen and oxygen atoms in total. The zero-order valence-corrected chi connectivity index (χ0v) is 16.8. The van der Waals surface area contributed by atoms with Crippen LogP contribution in [0.5, 0.6) is 0 Å². The first kappa shape index (κ1) is 19.8. The average molecular weight is 393 g/mol. The molecule has 1 heterocycles. The Labute approximate surface area is 169 Å². The quantitative estimate of drug-likeness (QED) is 0.604. The first-order chi connectivity index (χ1) is 13.5. The molecule has 0 saturated heterocycles. The van der Waals surface area contributed by atoms with Gasteiger partial charge in [0, 0.05) is 12.1 Å². The normalized spacial score (nSPS) is 11.8. The number of thiophene rings is 1. The summed E-state index contributed by atoms with van der Waals surface area (Å²) in [4.78, 5) is 26.0. The predicted molar refractivity (Wildman–Crippen MR) is 115 cm³/mol. The number of carbonyl (C=O) groups excluding carboxylic acids is 2.